The maximum Gasteiger partial charge on any atom is 0.408 e. The van der Waals surface area contributed by atoms with Crippen LogP contribution in [0.4, 0.5) is 4.79 Å². The Bertz CT molecular complexity index is 407. The van der Waals surface area contributed by atoms with Gasteiger partial charge < -0.3 is 19.9 Å². The number of aliphatic carboxylic acids is 1. The summed E-state index contributed by atoms with van der Waals surface area (Å²) in [5.41, 5.74) is -1.95. The average molecular weight is 316 g/mol. The molecule has 0 aromatic carbocycles. The summed E-state index contributed by atoms with van der Waals surface area (Å²) in [6.07, 6.45) is 0.485. The van der Waals surface area contributed by atoms with Gasteiger partial charge in [-0.1, -0.05) is 0 Å². The van der Waals surface area contributed by atoms with Crippen LogP contribution in [0.5, 0.6) is 0 Å². The van der Waals surface area contributed by atoms with Gasteiger partial charge in [0, 0.05) is 32.8 Å². The molecule has 1 amide bonds. The topological polar surface area (TPSA) is 88.1 Å². The molecule has 1 fully saturated rings. The molecule has 2 atom stereocenters. The molecular formula is C15H28N2O5. The van der Waals surface area contributed by atoms with E-state index in [9.17, 15) is 14.7 Å². The summed E-state index contributed by atoms with van der Waals surface area (Å²) >= 11 is 0. The van der Waals surface area contributed by atoms with Gasteiger partial charge in [-0.05, 0) is 40.5 Å². The highest BCUT2D eigenvalue weighted by Crippen LogP contribution is 2.25. The second-order valence-electron chi connectivity index (χ2n) is 6.87. The zero-order chi connectivity index (χ0) is 17.0. The fourth-order valence-corrected chi connectivity index (χ4v) is 2.52. The van der Waals surface area contributed by atoms with E-state index in [1.165, 1.54) is 0 Å². The number of carboxylic acid groups (broad SMARTS) is 1. The van der Waals surface area contributed by atoms with Crippen LogP contribution in [0.25, 0.3) is 0 Å². The zero-order valence-corrected chi connectivity index (χ0v) is 14.1. The van der Waals surface area contributed by atoms with Gasteiger partial charge in [0.25, 0.3) is 0 Å². The van der Waals surface area contributed by atoms with Crippen LogP contribution < -0.4 is 5.32 Å². The van der Waals surface area contributed by atoms with E-state index in [1.807, 2.05) is 6.92 Å². The minimum absolute atomic E-state index is 0.196. The van der Waals surface area contributed by atoms with Gasteiger partial charge in [0.1, 0.15) is 5.60 Å². The highest BCUT2D eigenvalue weighted by atomic mass is 16.6. The Kier molecular flexibility index (Phi) is 6.19. The molecule has 1 aliphatic heterocycles. The standard InChI is InChI=1S/C15H28N2O5/c1-11(6-9-21-5)17-8-7-15(10-17,12(18)19)16-13(20)22-14(2,3)4/h11H,6-10H2,1-5H3,(H,16,20)(H,18,19). The maximum absolute atomic E-state index is 11.9. The van der Waals surface area contributed by atoms with Gasteiger partial charge in [-0.25, -0.2) is 9.59 Å². The maximum atomic E-state index is 11.9. The van der Waals surface area contributed by atoms with Gasteiger partial charge in [-0.3, -0.25) is 4.90 Å². The predicted molar refractivity (Wildman–Crippen MR) is 81.9 cm³/mol. The van der Waals surface area contributed by atoms with Crippen molar-refractivity contribution in [2.45, 2.75) is 57.7 Å². The van der Waals surface area contributed by atoms with Gasteiger partial charge in [0.2, 0.25) is 0 Å². The molecule has 2 N–H and O–H groups in total. The molecule has 0 aliphatic carbocycles. The number of ether oxygens (including phenoxy) is 2. The van der Waals surface area contributed by atoms with E-state index in [4.69, 9.17) is 9.47 Å². The molecule has 1 aliphatic rings. The van der Waals surface area contributed by atoms with Crippen LogP contribution in [0.1, 0.15) is 40.5 Å². The average Bonchev–Trinajstić information content (AvgIpc) is 2.79. The first-order valence-corrected chi connectivity index (χ1v) is 7.57. The number of hydrogen-bond donors (Lipinski definition) is 2. The second-order valence-corrected chi connectivity index (χ2v) is 6.87. The number of amides is 1. The Morgan fingerprint density at radius 3 is 2.55 bits per heavy atom. The van der Waals surface area contributed by atoms with Crippen molar-refractivity contribution in [3.8, 4) is 0 Å². The van der Waals surface area contributed by atoms with E-state index in [-0.39, 0.29) is 12.6 Å². The number of carboxylic acids is 1. The Morgan fingerprint density at radius 1 is 1.41 bits per heavy atom. The van der Waals surface area contributed by atoms with Crippen molar-refractivity contribution in [2.24, 2.45) is 0 Å². The molecule has 2 unspecified atom stereocenters. The smallest absolute Gasteiger partial charge is 0.408 e. The molecule has 0 saturated carbocycles. The van der Waals surface area contributed by atoms with E-state index < -0.39 is 23.2 Å². The highest BCUT2D eigenvalue weighted by molar-refractivity contribution is 5.85. The first-order valence-electron chi connectivity index (χ1n) is 7.57. The minimum atomic E-state index is -1.29. The Hall–Kier alpha value is -1.34. The molecule has 0 bridgehead atoms. The third kappa shape index (κ3) is 5.14. The molecular weight excluding hydrogens is 288 g/mol. The first kappa shape index (κ1) is 18.7. The molecule has 0 radical (unpaired) electrons. The normalized spacial score (nSPS) is 24.0. The van der Waals surface area contributed by atoms with E-state index in [0.29, 0.717) is 19.6 Å². The van der Waals surface area contributed by atoms with Crippen molar-refractivity contribution in [1.82, 2.24) is 10.2 Å². The summed E-state index contributed by atoms with van der Waals surface area (Å²) in [5, 5.41) is 12.1. The fourth-order valence-electron chi connectivity index (χ4n) is 2.52. The minimum Gasteiger partial charge on any atom is -0.479 e. The first-order chi connectivity index (χ1) is 10.1. The molecule has 0 aromatic rings. The van der Waals surface area contributed by atoms with Gasteiger partial charge in [-0.15, -0.1) is 0 Å². The molecule has 0 aromatic heterocycles. The molecule has 1 heterocycles. The van der Waals surface area contributed by atoms with Crippen LogP contribution in [-0.2, 0) is 14.3 Å². The van der Waals surface area contributed by atoms with E-state index in [0.717, 1.165) is 6.42 Å². The van der Waals surface area contributed by atoms with Crippen molar-refractivity contribution in [3.63, 3.8) is 0 Å². The summed E-state index contributed by atoms with van der Waals surface area (Å²) < 4.78 is 10.2. The van der Waals surface area contributed by atoms with Gasteiger partial charge in [0.15, 0.2) is 5.54 Å². The number of methoxy groups -OCH3 is 1. The zero-order valence-electron chi connectivity index (χ0n) is 14.1. The number of carbonyl (C=O) groups is 2. The second kappa shape index (κ2) is 7.28. The SMILES string of the molecule is COCCC(C)N1CCC(NC(=O)OC(C)(C)C)(C(=O)O)C1. The Balaban J connectivity index is 2.70. The number of hydrogen-bond acceptors (Lipinski definition) is 5. The summed E-state index contributed by atoms with van der Waals surface area (Å²) in [6.45, 7) is 8.77. The van der Waals surface area contributed by atoms with Crippen LogP contribution >= 0.6 is 0 Å². The third-order valence-electron chi connectivity index (χ3n) is 3.81. The van der Waals surface area contributed by atoms with Gasteiger partial charge >= 0.3 is 12.1 Å². The van der Waals surface area contributed by atoms with Crippen LogP contribution in [0.15, 0.2) is 0 Å². The highest BCUT2D eigenvalue weighted by Gasteiger charge is 2.47. The molecule has 7 nitrogen and oxygen atoms in total. The monoisotopic (exact) mass is 316 g/mol. The quantitative estimate of drug-likeness (QED) is 0.771. The number of nitrogens with one attached hydrogen (secondary N) is 1. The van der Waals surface area contributed by atoms with Crippen molar-refractivity contribution >= 4 is 12.1 Å². The summed E-state index contributed by atoms with van der Waals surface area (Å²) in [5.74, 6) is -1.03. The van der Waals surface area contributed by atoms with Crippen molar-refractivity contribution in [2.75, 3.05) is 26.8 Å². The number of likely N-dealkylation sites (tertiary alicyclic amines) is 1. The number of rotatable bonds is 6. The molecule has 1 saturated heterocycles. The molecule has 7 heteroatoms. The fraction of sp³-hybridized carbons (Fsp3) is 0.867. The molecule has 1 rings (SSSR count). The lowest BCUT2D eigenvalue weighted by Gasteiger charge is -2.30. The van der Waals surface area contributed by atoms with E-state index >= 15 is 0 Å². The van der Waals surface area contributed by atoms with Gasteiger partial charge in [0.05, 0.1) is 0 Å². The van der Waals surface area contributed by atoms with Crippen LogP contribution in [0.3, 0.4) is 0 Å². The number of alkyl carbamates (subject to hydrolysis) is 1. The van der Waals surface area contributed by atoms with Crippen molar-refractivity contribution in [1.29, 1.82) is 0 Å². The number of nitrogens with zero attached hydrogens (tertiary/aromatic N) is 1. The Morgan fingerprint density at radius 2 is 2.05 bits per heavy atom. The predicted octanol–water partition coefficient (Wildman–Crippen LogP) is 1.47. The lowest BCUT2D eigenvalue weighted by Crippen LogP contribution is -2.57. The van der Waals surface area contributed by atoms with Gasteiger partial charge in [-0.2, -0.15) is 0 Å². The molecule has 0 spiro atoms. The van der Waals surface area contributed by atoms with Crippen molar-refractivity contribution in [3.05, 3.63) is 0 Å². The summed E-state index contributed by atoms with van der Waals surface area (Å²) in [6, 6.07) is 0.196. The molecule has 22 heavy (non-hydrogen) atoms. The third-order valence-corrected chi connectivity index (χ3v) is 3.81. The van der Waals surface area contributed by atoms with Crippen LogP contribution in [0.2, 0.25) is 0 Å². The summed E-state index contributed by atoms with van der Waals surface area (Å²) in [7, 11) is 1.64. The van der Waals surface area contributed by atoms with Crippen LogP contribution in [-0.4, -0.2) is 66.1 Å². The summed E-state index contributed by atoms with van der Waals surface area (Å²) in [4.78, 5) is 25.7. The lowest BCUT2D eigenvalue weighted by atomic mass is 9.99. The van der Waals surface area contributed by atoms with Crippen molar-refractivity contribution < 1.29 is 24.2 Å². The van der Waals surface area contributed by atoms with Crippen LogP contribution in [0, 0.1) is 0 Å². The van der Waals surface area contributed by atoms with E-state index in [2.05, 4.69) is 10.2 Å². The number of carbonyl (C=O) groups excluding carboxylic acids is 1. The lowest BCUT2D eigenvalue weighted by molar-refractivity contribution is -0.144. The van der Waals surface area contributed by atoms with E-state index in [1.54, 1.807) is 27.9 Å². The largest absolute Gasteiger partial charge is 0.479 e. The Labute approximate surface area is 131 Å². The molecule has 128 valence electrons.